The van der Waals surface area contributed by atoms with Crippen molar-refractivity contribution in [3.63, 3.8) is 0 Å². The normalized spacial score (nSPS) is 10.6. The van der Waals surface area contributed by atoms with E-state index in [0.29, 0.717) is 16.5 Å². The van der Waals surface area contributed by atoms with Gasteiger partial charge in [0.2, 0.25) is 5.89 Å². The van der Waals surface area contributed by atoms with Gasteiger partial charge in [0.25, 0.3) is 5.89 Å². The zero-order valence-electron chi connectivity index (χ0n) is 9.75. The number of aromatic nitrogens is 2. The zero-order chi connectivity index (χ0) is 13.2. The number of phenols is 1. The fourth-order valence-electron chi connectivity index (χ4n) is 1.70. The highest BCUT2D eigenvalue weighted by Gasteiger charge is 2.12. The number of hydrogen-bond donors (Lipinski definition) is 1. The summed E-state index contributed by atoms with van der Waals surface area (Å²) in [4.78, 5) is 0. The van der Waals surface area contributed by atoms with Crippen molar-refractivity contribution in [2.45, 2.75) is 0 Å². The van der Waals surface area contributed by atoms with Crippen molar-refractivity contribution in [3.8, 4) is 28.7 Å². The maximum atomic E-state index is 9.73. The second-order valence-corrected chi connectivity index (χ2v) is 4.37. The van der Waals surface area contributed by atoms with Gasteiger partial charge in [-0.1, -0.05) is 23.7 Å². The summed E-state index contributed by atoms with van der Waals surface area (Å²) in [6.45, 7) is 0. The Labute approximate surface area is 114 Å². The van der Waals surface area contributed by atoms with Crippen LogP contribution in [0.4, 0.5) is 0 Å². The van der Waals surface area contributed by atoms with Gasteiger partial charge in [0.15, 0.2) is 0 Å². The number of halogens is 1. The minimum atomic E-state index is 0.105. The molecule has 4 nitrogen and oxygen atoms in total. The first-order valence-electron chi connectivity index (χ1n) is 5.62. The number of phenolic OH excluding ortho intramolecular Hbond substituents is 1. The summed E-state index contributed by atoms with van der Waals surface area (Å²) in [5.41, 5.74) is 1.29. The molecule has 3 rings (SSSR count). The quantitative estimate of drug-likeness (QED) is 0.771. The predicted octanol–water partition coefficient (Wildman–Crippen LogP) is 3.76. The molecule has 0 saturated heterocycles. The Kier molecular flexibility index (Phi) is 2.93. The fraction of sp³-hybridized carbons (Fsp3) is 0. The van der Waals surface area contributed by atoms with Crippen LogP contribution in [-0.2, 0) is 0 Å². The number of aromatic hydroxyl groups is 1. The van der Waals surface area contributed by atoms with Gasteiger partial charge in [-0.3, -0.25) is 0 Å². The number of rotatable bonds is 2. The highest BCUT2D eigenvalue weighted by atomic mass is 35.5. The van der Waals surface area contributed by atoms with Crippen LogP contribution in [0, 0.1) is 0 Å². The van der Waals surface area contributed by atoms with Gasteiger partial charge in [0, 0.05) is 10.6 Å². The molecule has 1 heterocycles. The molecule has 0 spiro atoms. The van der Waals surface area contributed by atoms with Gasteiger partial charge in [0.05, 0.1) is 5.56 Å². The second kappa shape index (κ2) is 4.74. The Bertz CT molecular complexity index is 707. The van der Waals surface area contributed by atoms with Crippen LogP contribution in [-0.4, -0.2) is 15.3 Å². The summed E-state index contributed by atoms with van der Waals surface area (Å²) in [5.74, 6) is 0.770. The van der Waals surface area contributed by atoms with Crippen molar-refractivity contribution in [2.24, 2.45) is 0 Å². The molecule has 2 aromatic carbocycles. The summed E-state index contributed by atoms with van der Waals surface area (Å²) >= 11 is 5.82. The maximum Gasteiger partial charge on any atom is 0.251 e. The third kappa shape index (κ3) is 2.30. The number of para-hydroxylation sites is 1. The fourth-order valence-corrected chi connectivity index (χ4v) is 1.82. The molecule has 3 aromatic rings. The van der Waals surface area contributed by atoms with Crippen molar-refractivity contribution in [2.75, 3.05) is 0 Å². The maximum absolute atomic E-state index is 9.73. The monoisotopic (exact) mass is 272 g/mol. The number of hydrogen-bond acceptors (Lipinski definition) is 4. The van der Waals surface area contributed by atoms with E-state index in [2.05, 4.69) is 10.2 Å². The van der Waals surface area contributed by atoms with E-state index >= 15 is 0 Å². The second-order valence-electron chi connectivity index (χ2n) is 3.94. The summed E-state index contributed by atoms with van der Waals surface area (Å²) in [7, 11) is 0. The summed E-state index contributed by atoms with van der Waals surface area (Å²) in [6, 6.07) is 13.9. The average Bonchev–Trinajstić information content (AvgIpc) is 2.89. The van der Waals surface area contributed by atoms with Crippen LogP contribution in [0.15, 0.2) is 52.9 Å². The van der Waals surface area contributed by atoms with Crippen molar-refractivity contribution < 1.29 is 9.52 Å². The minimum absolute atomic E-state index is 0.105. The Hall–Kier alpha value is -2.33. The van der Waals surface area contributed by atoms with Gasteiger partial charge < -0.3 is 9.52 Å². The SMILES string of the molecule is Oc1ccccc1-c1nnc(-c2ccc(Cl)cc2)o1. The lowest BCUT2D eigenvalue weighted by atomic mass is 10.2. The third-order valence-corrected chi connectivity index (χ3v) is 2.90. The summed E-state index contributed by atoms with van der Waals surface area (Å²) in [6.07, 6.45) is 0. The Morgan fingerprint density at radius 2 is 1.58 bits per heavy atom. The largest absolute Gasteiger partial charge is 0.507 e. The molecule has 5 heteroatoms. The smallest absolute Gasteiger partial charge is 0.251 e. The standard InChI is InChI=1S/C14H9ClN2O2/c15-10-7-5-9(6-8-10)13-16-17-14(19-13)11-3-1-2-4-12(11)18/h1-8,18H. The van der Waals surface area contributed by atoms with E-state index in [0.717, 1.165) is 5.56 Å². The Morgan fingerprint density at radius 3 is 2.32 bits per heavy atom. The molecule has 0 fully saturated rings. The van der Waals surface area contributed by atoms with Crippen LogP contribution in [0.25, 0.3) is 22.9 Å². The van der Waals surface area contributed by atoms with Gasteiger partial charge in [-0.05, 0) is 36.4 Å². The van der Waals surface area contributed by atoms with Crippen molar-refractivity contribution in [1.82, 2.24) is 10.2 Å². The molecule has 0 aliphatic heterocycles. The van der Waals surface area contributed by atoms with Gasteiger partial charge in [0.1, 0.15) is 5.75 Å². The van der Waals surface area contributed by atoms with E-state index in [9.17, 15) is 5.11 Å². The first-order chi connectivity index (χ1) is 9.24. The molecular formula is C14H9ClN2O2. The molecule has 0 aliphatic rings. The summed E-state index contributed by atoms with van der Waals surface area (Å²) in [5, 5.41) is 18.3. The Balaban J connectivity index is 2.00. The van der Waals surface area contributed by atoms with E-state index in [4.69, 9.17) is 16.0 Å². The minimum Gasteiger partial charge on any atom is -0.507 e. The molecule has 1 N–H and O–H groups in total. The molecule has 0 amide bonds. The van der Waals surface area contributed by atoms with Gasteiger partial charge >= 0.3 is 0 Å². The Morgan fingerprint density at radius 1 is 0.895 bits per heavy atom. The lowest BCUT2D eigenvalue weighted by Crippen LogP contribution is -1.78. The molecule has 0 unspecified atom stereocenters. The zero-order valence-corrected chi connectivity index (χ0v) is 10.5. The van der Waals surface area contributed by atoms with Crippen molar-refractivity contribution in [1.29, 1.82) is 0 Å². The molecule has 0 aliphatic carbocycles. The molecular weight excluding hydrogens is 264 g/mol. The van der Waals surface area contributed by atoms with E-state index in [-0.39, 0.29) is 11.6 Å². The first kappa shape index (κ1) is 11.7. The van der Waals surface area contributed by atoms with E-state index < -0.39 is 0 Å². The molecule has 0 radical (unpaired) electrons. The van der Waals surface area contributed by atoms with E-state index in [1.807, 2.05) is 0 Å². The van der Waals surface area contributed by atoms with Gasteiger partial charge in [-0.2, -0.15) is 0 Å². The van der Waals surface area contributed by atoms with Crippen molar-refractivity contribution >= 4 is 11.6 Å². The molecule has 0 atom stereocenters. The van der Waals surface area contributed by atoms with Crippen LogP contribution in [0.5, 0.6) is 5.75 Å². The predicted molar refractivity (Wildman–Crippen MR) is 71.8 cm³/mol. The molecule has 94 valence electrons. The lowest BCUT2D eigenvalue weighted by Gasteiger charge is -1.97. The van der Waals surface area contributed by atoms with Crippen LogP contribution in [0.1, 0.15) is 0 Å². The van der Waals surface area contributed by atoms with Crippen LogP contribution >= 0.6 is 11.6 Å². The molecule has 19 heavy (non-hydrogen) atoms. The van der Waals surface area contributed by atoms with Crippen molar-refractivity contribution in [3.05, 3.63) is 53.6 Å². The van der Waals surface area contributed by atoms with Crippen LogP contribution in [0.2, 0.25) is 5.02 Å². The van der Waals surface area contributed by atoms with Gasteiger partial charge in [-0.15, -0.1) is 10.2 Å². The molecule has 1 aromatic heterocycles. The van der Waals surface area contributed by atoms with E-state index in [1.165, 1.54) is 0 Å². The first-order valence-corrected chi connectivity index (χ1v) is 5.99. The topological polar surface area (TPSA) is 59.2 Å². The molecule has 0 saturated carbocycles. The molecule has 0 bridgehead atoms. The number of benzene rings is 2. The average molecular weight is 273 g/mol. The van der Waals surface area contributed by atoms with Gasteiger partial charge in [-0.25, -0.2) is 0 Å². The van der Waals surface area contributed by atoms with Crippen LogP contribution < -0.4 is 0 Å². The lowest BCUT2D eigenvalue weighted by molar-refractivity contribution is 0.473. The van der Waals surface area contributed by atoms with E-state index in [1.54, 1.807) is 48.5 Å². The third-order valence-electron chi connectivity index (χ3n) is 2.65. The highest BCUT2D eigenvalue weighted by Crippen LogP contribution is 2.30. The van der Waals surface area contributed by atoms with Crippen LogP contribution in [0.3, 0.4) is 0 Å². The summed E-state index contributed by atoms with van der Waals surface area (Å²) < 4.78 is 5.55. The number of nitrogens with zero attached hydrogens (tertiary/aromatic N) is 2. The highest BCUT2D eigenvalue weighted by molar-refractivity contribution is 6.30.